The van der Waals surface area contributed by atoms with Gasteiger partial charge in [-0.15, -0.1) is 0 Å². The molecule has 1 amide bonds. The fourth-order valence-electron chi connectivity index (χ4n) is 4.49. The number of aryl methyl sites for hydroxylation is 2. The number of hydrogen-bond donors (Lipinski definition) is 0. The van der Waals surface area contributed by atoms with Crippen LogP contribution in [0.1, 0.15) is 33.5 Å². The van der Waals surface area contributed by atoms with Crippen molar-refractivity contribution in [2.75, 3.05) is 0 Å². The Morgan fingerprint density at radius 1 is 0.839 bits per heavy atom. The first-order valence-corrected chi connectivity index (χ1v) is 10.7. The Morgan fingerprint density at radius 2 is 1.48 bits per heavy atom. The Hall–Kier alpha value is -3.66. The van der Waals surface area contributed by atoms with Crippen LogP contribution in [0.5, 0.6) is 0 Å². The molecule has 4 nitrogen and oxygen atoms in total. The molecule has 0 saturated heterocycles. The third kappa shape index (κ3) is 3.77. The van der Waals surface area contributed by atoms with Crippen molar-refractivity contribution < 1.29 is 4.79 Å². The van der Waals surface area contributed by atoms with E-state index in [9.17, 15) is 9.59 Å². The number of carbonyl (C=O) groups excluding carboxylic acids is 1. The molecular weight excluding hydrogens is 384 g/mol. The average molecular weight is 409 g/mol. The van der Waals surface area contributed by atoms with Crippen molar-refractivity contribution in [3.8, 4) is 0 Å². The molecule has 3 aromatic carbocycles. The summed E-state index contributed by atoms with van der Waals surface area (Å²) in [6, 6.07) is 25.7. The smallest absolute Gasteiger partial charge is 0.259 e. The number of benzene rings is 3. The molecule has 2 heterocycles. The number of amides is 1. The monoisotopic (exact) mass is 408 g/mol. The zero-order valence-electron chi connectivity index (χ0n) is 17.3. The molecule has 0 atom stereocenters. The van der Waals surface area contributed by atoms with Crippen molar-refractivity contribution >= 4 is 16.8 Å². The second kappa shape index (κ2) is 8.23. The molecule has 0 saturated carbocycles. The minimum atomic E-state index is -0.223. The normalized spacial score (nSPS) is 12.6. The molecule has 4 heteroatoms. The van der Waals surface area contributed by atoms with E-state index in [1.54, 1.807) is 11.1 Å². The highest BCUT2D eigenvalue weighted by atomic mass is 16.2. The zero-order chi connectivity index (χ0) is 21.2. The third-order valence-corrected chi connectivity index (χ3v) is 5.98. The molecule has 0 N–H and O–H groups in total. The molecule has 0 radical (unpaired) electrons. The Labute approximate surface area is 181 Å². The van der Waals surface area contributed by atoms with Crippen molar-refractivity contribution in [1.29, 1.82) is 0 Å². The summed E-state index contributed by atoms with van der Waals surface area (Å²) in [6.07, 6.45) is 3.76. The van der Waals surface area contributed by atoms with Gasteiger partial charge >= 0.3 is 0 Å². The van der Waals surface area contributed by atoms with Gasteiger partial charge in [0, 0.05) is 31.2 Å². The van der Waals surface area contributed by atoms with Gasteiger partial charge in [0.1, 0.15) is 5.56 Å². The second-order valence-electron chi connectivity index (χ2n) is 8.11. The van der Waals surface area contributed by atoms with Gasteiger partial charge in [-0.25, -0.2) is 0 Å². The minimum absolute atomic E-state index is 0.175. The van der Waals surface area contributed by atoms with Crippen LogP contribution in [0, 0.1) is 0 Å². The summed E-state index contributed by atoms with van der Waals surface area (Å²) < 4.78 is 2.09. The van der Waals surface area contributed by atoms with E-state index in [1.165, 1.54) is 5.56 Å². The van der Waals surface area contributed by atoms with Crippen LogP contribution in [-0.2, 0) is 26.1 Å². The van der Waals surface area contributed by atoms with Crippen molar-refractivity contribution in [2.24, 2.45) is 0 Å². The fraction of sp³-hybridized carbons (Fsp3) is 0.185. The summed E-state index contributed by atoms with van der Waals surface area (Å²) in [5, 5.41) is 0.641. The maximum Gasteiger partial charge on any atom is 0.259 e. The highest BCUT2D eigenvalue weighted by Crippen LogP contribution is 2.24. The van der Waals surface area contributed by atoms with Crippen LogP contribution in [0.3, 0.4) is 0 Å². The van der Waals surface area contributed by atoms with E-state index in [-0.39, 0.29) is 16.9 Å². The average Bonchev–Trinajstić information content (AvgIpc) is 2.82. The van der Waals surface area contributed by atoms with Crippen molar-refractivity contribution in [1.82, 2.24) is 9.47 Å². The molecule has 5 rings (SSSR count). The molecule has 0 unspecified atom stereocenters. The van der Waals surface area contributed by atoms with Gasteiger partial charge in [-0.3, -0.25) is 9.59 Å². The molecule has 0 spiro atoms. The summed E-state index contributed by atoms with van der Waals surface area (Å²) in [5.74, 6) is -0.223. The van der Waals surface area contributed by atoms with Crippen LogP contribution in [-0.4, -0.2) is 15.4 Å². The van der Waals surface area contributed by atoms with Gasteiger partial charge in [-0.05, 0) is 35.6 Å². The van der Waals surface area contributed by atoms with E-state index in [0.29, 0.717) is 18.5 Å². The minimum Gasteiger partial charge on any atom is -0.346 e. The molecule has 0 fully saturated rings. The lowest BCUT2D eigenvalue weighted by Crippen LogP contribution is -2.34. The van der Waals surface area contributed by atoms with Crippen LogP contribution >= 0.6 is 0 Å². The Balaban J connectivity index is 1.58. The lowest BCUT2D eigenvalue weighted by molar-refractivity contribution is 0.0728. The van der Waals surface area contributed by atoms with Gasteiger partial charge < -0.3 is 9.47 Å². The Kier molecular flexibility index (Phi) is 5.13. The first-order chi connectivity index (χ1) is 15.2. The number of carbonyl (C=O) groups is 1. The van der Waals surface area contributed by atoms with Gasteiger partial charge in [0.25, 0.3) is 5.91 Å². The Morgan fingerprint density at radius 3 is 2.13 bits per heavy atom. The number of pyridine rings is 1. The number of hydrogen-bond acceptors (Lipinski definition) is 2. The number of rotatable bonds is 5. The van der Waals surface area contributed by atoms with Gasteiger partial charge in [-0.2, -0.15) is 0 Å². The third-order valence-electron chi connectivity index (χ3n) is 5.98. The SMILES string of the molecule is O=C(c1cn2c3c(cccc3c1=O)CCC2)N(Cc1ccccc1)Cc1ccccc1. The van der Waals surface area contributed by atoms with Gasteiger partial charge in [-0.1, -0.05) is 72.8 Å². The summed E-state index contributed by atoms with van der Waals surface area (Å²) in [6.45, 7) is 1.73. The van der Waals surface area contributed by atoms with E-state index < -0.39 is 0 Å². The highest BCUT2D eigenvalue weighted by Gasteiger charge is 2.23. The molecule has 0 aliphatic carbocycles. The molecule has 31 heavy (non-hydrogen) atoms. The maximum atomic E-state index is 13.7. The van der Waals surface area contributed by atoms with E-state index >= 15 is 0 Å². The van der Waals surface area contributed by atoms with E-state index in [4.69, 9.17) is 0 Å². The maximum absolute atomic E-state index is 13.7. The fourth-order valence-corrected chi connectivity index (χ4v) is 4.49. The van der Waals surface area contributed by atoms with Crippen molar-refractivity contribution in [3.63, 3.8) is 0 Å². The van der Waals surface area contributed by atoms with Crippen LogP contribution in [0.15, 0.2) is 89.9 Å². The second-order valence-corrected chi connectivity index (χ2v) is 8.11. The van der Waals surface area contributed by atoms with Crippen LogP contribution < -0.4 is 5.43 Å². The lowest BCUT2D eigenvalue weighted by atomic mass is 9.99. The topological polar surface area (TPSA) is 42.3 Å². The predicted molar refractivity (Wildman–Crippen MR) is 123 cm³/mol. The number of aromatic nitrogens is 1. The molecule has 1 aliphatic rings. The van der Waals surface area contributed by atoms with Gasteiger partial charge in [0.05, 0.1) is 5.52 Å². The van der Waals surface area contributed by atoms with Crippen LogP contribution in [0.25, 0.3) is 10.9 Å². The number of para-hydroxylation sites is 1. The summed E-state index contributed by atoms with van der Waals surface area (Å²) in [5.41, 5.74) is 4.32. The summed E-state index contributed by atoms with van der Waals surface area (Å²) in [7, 11) is 0. The van der Waals surface area contributed by atoms with E-state index in [0.717, 1.165) is 36.0 Å². The van der Waals surface area contributed by atoms with Gasteiger partial charge in [0.15, 0.2) is 0 Å². The molecule has 4 aromatic rings. The summed E-state index contributed by atoms with van der Waals surface area (Å²) in [4.78, 5) is 28.8. The lowest BCUT2D eigenvalue weighted by Gasteiger charge is -2.25. The Bertz CT molecular complexity index is 1250. The molecule has 0 bridgehead atoms. The van der Waals surface area contributed by atoms with Crippen molar-refractivity contribution in [3.05, 3.63) is 118 Å². The first-order valence-electron chi connectivity index (χ1n) is 10.7. The number of nitrogens with zero attached hydrogens (tertiary/aromatic N) is 2. The highest BCUT2D eigenvalue weighted by molar-refractivity contribution is 5.98. The quantitative estimate of drug-likeness (QED) is 0.476. The largest absolute Gasteiger partial charge is 0.346 e. The molecule has 1 aliphatic heterocycles. The van der Waals surface area contributed by atoms with E-state index in [2.05, 4.69) is 10.6 Å². The molecular formula is C27H24N2O2. The molecule has 154 valence electrons. The zero-order valence-corrected chi connectivity index (χ0v) is 17.3. The van der Waals surface area contributed by atoms with Crippen LogP contribution in [0.4, 0.5) is 0 Å². The van der Waals surface area contributed by atoms with Gasteiger partial charge in [0.2, 0.25) is 5.43 Å². The standard InChI is InChI=1S/C27H24N2O2/c30-26-23-15-7-13-22-14-8-16-28(25(22)23)19-24(26)27(31)29(17-20-9-3-1-4-10-20)18-21-11-5-2-6-12-21/h1-7,9-13,15,19H,8,14,16-18H2. The first kappa shape index (κ1) is 19.3. The van der Waals surface area contributed by atoms with Crippen molar-refractivity contribution in [2.45, 2.75) is 32.5 Å². The van der Waals surface area contributed by atoms with E-state index in [1.807, 2.05) is 72.8 Å². The molecule has 1 aromatic heterocycles. The van der Waals surface area contributed by atoms with Crippen LogP contribution in [0.2, 0.25) is 0 Å². The summed E-state index contributed by atoms with van der Waals surface area (Å²) >= 11 is 0. The predicted octanol–water partition coefficient (Wildman–Crippen LogP) is 4.79.